The third kappa shape index (κ3) is 4.72. The van der Waals surface area contributed by atoms with E-state index in [0.29, 0.717) is 32.9 Å². The van der Waals surface area contributed by atoms with E-state index in [9.17, 15) is 0 Å². The average molecular weight is 396 g/mol. The van der Waals surface area contributed by atoms with E-state index in [1.807, 2.05) is 12.1 Å². The minimum absolute atomic E-state index is 0.160. The Morgan fingerprint density at radius 3 is 2.40 bits per heavy atom. The number of oxime groups is 1. The fraction of sp³-hybridized carbons (Fsp3) is 0.118. The number of rotatable bonds is 6. The summed E-state index contributed by atoms with van der Waals surface area (Å²) in [5.74, 6) is 0. The average Bonchev–Trinajstić information content (AvgIpc) is 3.10. The molecule has 0 spiro atoms. The summed E-state index contributed by atoms with van der Waals surface area (Å²) in [6.07, 6.45) is 3.07. The molecule has 3 aromatic rings. The molecule has 0 bridgehead atoms. The topological polar surface area (TPSA) is 52.3 Å². The normalized spacial score (nSPS) is 11.6. The third-order valence-corrected chi connectivity index (χ3v) is 4.36. The first-order valence-electron chi connectivity index (χ1n) is 7.33. The molecule has 0 unspecified atom stereocenters. The summed E-state index contributed by atoms with van der Waals surface area (Å²) in [4.78, 5) is 9.44. The lowest BCUT2D eigenvalue weighted by atomic mass is 10.1. The Balaban J connectivity index is 1.81. The minimum atomic E-state index is 0.160. The molecule has 0 aliphatic rings. The van der Waals surface area contributed by atoms with Crippen LogP contribution in [-0.4, -0.2) is 20.5 Å². The van der Waals surface area contributed by atoms with Gasteiger partial charge in [0.2, 0.25) is 0 Å². The molecule has 0 aliphatic heterocycles. The van der Waals surface area contributed by atoms with Gasteiger partial charge in [-0.3, -0.25) is 0 Å². The van der Waals surface area contributed by atoms with E-state index in [0.717, 1.165) is 5.56 Å². The molecule has 0 N–H and O–H groups in total. The maximum absolute atomic E-state index is 6.14. The van der Waals surface area contributed by atoms with Crippen LogP contribution in [0.1, 0.15) is 11.1 Å². The minimum Gasteiger partial charge on any atom is -0.391 e. The molecule has 1 aromatic heterocycles. The lowest BCUT2D eigenvalue weighted by Gasteiger charge is -2.09. The summed E-state index contributed by atoms with van der Waals surface area (Å²) < 4.78 is 1.65. The number of nitrogens with zero attached hydrogens (tertiary/aromatic N) is 4. The van der Waals surface area contributed by atoms with Crippen LogP contribution in [0.25, 0.3) is 0 Å². The molecule has 0 saturated heterocycles. The maximum Gasteiger partial charge on any atom is 0.145 e. The fourth-order valence-electron chi connectivity index (χ4n) is 2.13. The van der Waals surface area contributed by atoms with Crippen molar-refractivity contribution in [3.8, 4) is 0 Å². The summed E-state index contributed by atoms with van der Waals surface area (Å²) >= 11 is 18.2. The zero-order valence-corrected chi connectivity index (χ0v) is 15.2. The molecular formula is C17H13Cl3N4O. The molecule has 0 fully saturated rings. The van der Waals surface area contributed by atoms with Crippen LogP contribution >= 0.6 is 34.8 Å². The van der Waals surface area contributed by atoms with Gasteiger partial charge in [-0.2, -0.15) is 5.10 Å². The number of benzene rings is 2. The lowest BCUT2D eigenvalue weighted by molar-refractivity contribution is 0.130. The smallest absolute Gasteiger partial charge is 0.145 e. The zero-order chi connectivity index (χ0) is 17.6. The van der Waals surface area contributed by atoms with Gasteiger partial charge in [0.25, 0.3) is 0 Å². The first-order valence-corrected chi connectivity index (χ1v) is 8.47. The van der Waals surface area contributed by atoms with Crippen LogP contribution < -0.4 is 0 Å². The quantitative estimate of drug-likeness (QED) is 0.442. The molecule has 5 nitrogen and oxygen atoms in total. The second kappa shape index (κ2) is 8.34. The van der Waals surface area contributed by atoms with Gasteiger partial charge in [-0.1, -0.05) is 58.2 Å². The van der Waals surface area contributed by atoms with E-state index < -0.39 is 0 Å². The van der Waals surface area contributed by atoms with Crippen LogP contribution in [-0.2, 0) is 18.0 Å². The molecule has 1 heterocycles. The highest BCUT2D eigenvalue weighted by atomic mass is 35.5. The Hall–Kier alpha value is -2.08. The van der Waals surface area contributed by atoms with Gasteiger partial charge in [0.1, 0.15) is 25.0 Å². The molecule has 2 aromatic carbocycles. The van der Waals surface area contributed by atoms with E-state index in [2.05, 4.69) is 15.2 Å². The Morgan fingerprint density at radius 2 is 1.76 bits per heavy atom. The maximum atomic E-state index is 6.14. The van der Waals surface area contributed by atoms with Crippen molar-refractivity contribution in [2.75, 3.05) is 0 Å². The van der Waals surface area contributed by atoms with E-state index in [-0.39, 0.29) is 6.61 Å². The van der Waals surface area contributed by atoms with Gasteiger partial charge in [0.15, 0.2) is 0 Å². The second-order valence-corrected chi connectivity index (χ2v) is 6.36. The molecule has 3 rings (SSSR count). The Morgan fingerprint density at radius 1 is 1.04 bits per heavy atom. The van der Waals surface area contributed by atoms with Crippen molar-refractivity contribution < 1.29 is 4.84 Å². The summed E-state index contributed by atoms with van der Waals surface area (Å²) in [5, 5.41) is 10.1. The first-order chi connectivity index (χ1) is 12.1. The van der Waals surface area contributed by atoms with Crippen LogP contribution in [0.2, 0.25) is 15.1 Å². The molecule has 0 saturated carbocycles. The van der Waals surface area contributed by atoms with E-state index >= 15 is 0 Å². The van der Waals surface area contributed by atoms with E-state index in [4.69, 9.17) is 39.6 Å². The highest BCUT2D eigenvalue weighted by Crippen LogP contribution is 2.25. The Bertz CT molecular complexity index is 844. The molecule has 0 aliphatic carbocycles. The summed E-state index contributed by atoms with van der Waals surface area (Å²) in [6, 6.07) is 12.6. The summed E-state index contributed by atoms with van der Waals surface area (Å²) in [6.45, 7) is 0.560. The van der Waals surface area contributed by atoms with Gasteiger partial charge in [0.05, 0.1) is 6.54 Å². The predicted molar refractivity (Wildman–Crippen MR) is 99.3 cm³/mol. The van der Waals surface area contributed by atoms with Crippen molar-refractivity contribution in [3.05, 3.63) is 81.3 Å². The highest BCUT2D eigenvalue weighted by molar-refractivity contribution is 6.35. The molecule has 0 radical (unpaired) electrons. The number of aromatic nitrogens is 3. The van der Waals surface area contributed by atoms with Crippen LogP contribution in [0.15, 0.2) is 60.3 Å². The summed E-state index contributed by atoms with van der Waals surface area (Å²) in [5.41, 5.74) is 2.22. The number of halogens is 3. The van der Waals surface area contributed by atoms with Crippen molar-refractivity contribution in [2.24, 2.45) is 5.16 Å². The van der Waals surface area contributed by atoms with Crippen LogP contribution in [0.4, 0.5) is 0 Å². The fourth-order valence-corrected chi connectivity index (χ4v) is 2.76. The largest absolute Gasteiger partial charge is 0.391 e. The third-order valence-electron chi connectivity index (χ3n) is 3.40. The Kier molecular flexibility index (Phi) is 5.91. The summed E-state index contributed by atoms with van der Waals surface area (Å²) in [7, 11) is 0. The monoisotopic (exact) mass is 394 g/mol. The van der Waals surface area contributed by atoms with Crippen molar-refractivity contribution in [1.82, 2.24) is 14.8 Å². The van der Waals surface area contributed by atoms with Crippen molar-refractivity contribution in [3.63, 3.8) is 0 Å². The number of hydrogen-bond donors (Lipinski definition) is 0. The van der Waals surface area contributed by atoms with Gasteiger partial charge in [0, 0.05) is 26.2 Å². The van der Waals surface area contributed by atoms with Crippen LogP contribution in [0.3, 0.4) is 0 Å². The zero-order valence-electron chi connectivity index (χ0n) is 12.9. The predicted octanol–water partition coefficient (Wildman–Crippen LogP) is 4.86. The van der Waals surface area contributed by atoms with Crippen LogP contribution in [0, 0.1) is 0 Å². The van der Waals surface area contributed by atoms with Gasteiger partial charge in [-0.15, -0.1) is 0 Å². The first kappa shape index (κ1) is 17.7. The molecule has 0 amide bonds. The second-order valence-electron chi connectivity index (χ2n) is 5.11. The van der Waals surface area contributed by atoms with Crippen LogP contribution in [0.5, 0.6) is 0 Å². The molecule has 25 heavy (non-hydrogen) atoms. The van der Waals surface area contributed by atoms with Gasteiger partial charge >= 0.3 is 0 Å². The van der Waals surface area contributed by atoms with Crippen molar-refractivity contribution in [1.29, 1.82) is 0 Å². The van der Waals surface area contributed by atoms with Gasteiger partial charge in [-0.05, 0) is 24.3 Å². The Labute approximate surface area is 159 Å². The lowest BCUT2D eigenvalue weighted by Crippen LogP contribution is -2.13. The highest BCUT2D eigenvalue weighted by Gasteiger charge is 2.09. The molecule has 128 valence electrons. The van der Waals surface area contributed by atoms with Crippen molar-refractivity contribution in [2.45, 2.75) is 13.2 Å². The standard InChI is InChI=1S/C17H13Cl3N4O/c18-13-6-4-12(5-7-13)17(8-24-11-21-10-22-24)23-25-9-14-15(19)2-1-3-16(14)20/h1-7,10-11H,8-9H2. The van der Waals surface area contributed by atoms with Crippen molar-refractivity contribution >= 4 is 40.5 Å². The molecular weight excluding hydrogens is 383 g/mol. The van der Waals surface area contributed by atoms with E-state index in [1.165, 1.54) is 6.33 Å². The molecule has 0 atom stereocenters. The molecule has 8 heteroatoms. The van der Waals surface area contributed by atoms with E-state index in [1.54, 1.807) is 41.3 Å². The van der Waals surface area contributed by atoms with Gasteiger partial charge < -0.3 is 4.84 Å². The van der Waals surface area contributed by atoms with Gasteiger partial charge in [-0.25, -0.2) is 9.67 Å². The number of hydrogen-bond acceptors (Lipinski definition) is 4. The SMILES string of the molecule is Clc1ccc(C(Cn2cncn2)=NOCc2c(Cl)cccc2Cl)cc1.